The Bertz CT molecular complexity index is 379. The molecule has 0 aromatic heterocycles. The second kappa shape index (κ2) is 10.1. The van der Waals surface area contributed by atoms with Crippen LogP contribution in [0, 0.1) is 0 Å². The molecular formula is C13H13Cl3Fe. The molecular weight excluding hydrogens is 318 g/mol. The van der Waals surface area contributed by atoms with Crippen LogP contribution in [0.1, 0.15) is 12.0 Å². The topological polar surface area (TPSA) is 0 Å². The van der Waals surface area contributed by atoms with Crippen molar-refractivity contribution in [3.8, 4) is 0 Å². The van der Waals surface area contributed by atoms with Gasteiger partial charge in [0.1, 0.15) is 0 Å². The Kier molecular flexibility index (Phi) is 10.1. The summed E-state index contributed by atoms with van der Waals surface area (Å²) < 4.78 is 0. The van der Waals surface area contributed by atoms with Gasteiger partial charge in [-0.05, 0) is 6.42 Å². The maximum absolute atomic E-state index is 5.71. The van der Waals surface area contributed by atoms with Crippen molar-refractivity contribution >= 4 is 34.8 Å². The van der Waals surface area contributed by atoms with E-state index in [1.807, 2.05) is 42.5 Å². The van der Waals surface area contributed by atoms with Crippen LogP contribution in [-0.4, -0.2) is 5.88 Å². The predicted octanol–water partition coefficient (Wildman–Crippen LogP) is 5.29. The van der Waals surface area contributed by atoms with Crippen LogP contribution < -0.4 is 0 Å². The third-order valence-corrected chi connectivity index (χ3v) is 2.76. The number of halogens is 3. The largest absolute Gasteiger partial charge is 2.00 e. The first kappa shape index (κ1) is 17.1. The van der Waals surface area contributed by atoms with Crippen LogP contribution in [0.3, 0.4) is 0 Å². The minimum atomic E-state index is 0. The maximum atomic E-state index is 5.71. The molecule has 0 atom stereocenters. The molecule has 0 fully saturated rings. The van der Waals surface area contributed by atoms with E-state index in [9.17, 15) is 0 Å². The van der Waals surface area contributed by atoms with Gasteiger partial charge in [0.15, 0.2) is 0 Å². The van der Waals surface area contributed by atoms with Crippen LogP contribution in [0.5, 0.6) is 0 Å². The maximum Gasteiger partial charge on any atom is 2.00 e. The van der Waals surface area contributed by atoms with Crippen molar-refractivity contribution in [2.45, 2.75) is 12.8 Å². The Hall–Kier alpha value is 0.0895. The smallest absolute Gasteiger partial charge is 0.212 e. The van der Waals surface area contributed by atoms with Crippen LogP contribution in [0.4, 0.5) is 0 Å². The molecule has 0 nitrogen and oxygen atoms in total. The van der Waals surface area contributed by atoms with Gasteiger partial charge in [0.2, 0.25) is 0 Å². The summed E-state index contributed by atoms with van der Waals surface area (Å²) in [5.41, 5.74) is 1.28. The van der Waals surface area contributed by atoms with Gasteiger partial charge in [-0.2, -0.15) is 35.9 Å². The number of alkyl halides is 1. The van der Waals surface area contributed by atoms with E-state index >= 15 is 0 Å². The normalized spacial score (nSPS) is 9.12. The van der Waals surface area contributed by atoms with Gasteiger partial charge in [0.25, 0.3) is 0 Å². The third kappa shape index (κ3) is 7.91. The van der Waals surface area contributed by atoms with Crippen molar-refractivity contribution < 1.29 is 17.1 Å². The van der Waals surface area contributed by atoms with Gasteiger partial charge in [0, 0.05) is 5.88 Å². The molecule has 4 heteroatoms. The Balaban J connectivity index is 0.000000316. The van der Waals surface area contributed by atoms with E-state index in [0.717, 1.165) is 28.8 Å². The zero-order valence-electron chi connectivity index (χ0n) is 9.15. The summed E-state index contributed by atoms with van der Waals surface area (Å²) >= 11 is 16.7. The summed E-state index contributed by atoms with van der Waals surface area (Å²) in [7, 11) is 0. The summed E-state index contributed by atoms with van der Waals surface area (Å²) in [4.78, 5) is 0. The number of rotatable bonds is 3. The second-order valence-corrected chi connectivity index (χ2v) is 4.58. The van der Waals surface area contributed by atoms with E-state index in [-0.39, 0.29) is 17.1 Å². The summed E-state index contributed by atoms with van der Waals surface area (Å²) in [6.45, 7) is 0. The molecule has 0 saturated carbocycles. The average molecular weight is 331 g/mol. The molecule has 2 rings (SSSR count). The molecule has 0 unspecified atom stereocenters. The van der Waals surface area contributed by atoms with Crippen molar-refractivity contribution in [1.29, 1.82) is 0 Å². The summed E-state index contributed by atoms with van der Waals surface area (Å²) in [5.74, 6) is 0.725. The van der Waals surface area contributed by atoms with Crippen molar-refractivity contribution in [3.05, 3.63) is 58.1 Å². The van der Waals surface area contributed by atoms with E-state index in [0.29, 0.717) is 0 Å². The molecule has 0 aliphatic rings. The molecule has 0 spiro atoms. The first-order valence-electron chi connectivity index (χ1n) is 5.06. The van der Waals surface area contributed by atoms with Crippen molar-refractivity contribution in [3.63, 3.8) is 0 Å². The quantitative estimate of drug-likeness (QED) is 0.407. The van der Waals surface area contributed by atoms with E-state index < -0.39 is 0 Å². The molecule has 0 bridgehead atoms. The molecule has 0 aliphatic carbocycles. The number of hydrogen-bond donors (Lipinski definition) is 0. The summed E-state index contributed by atoms with van der Waals surface area (Å²) in [6.07, 6.45) is 2.07. The van der Waals surface area contributed by atoms with Gasteiger partial charge in [-0.3, -0.25) is 0 Å². The van der Waals surface area contributed by atoms with E-state index in [1.54, 1.807) is 0 Å². The van der Waals surface area contributed by atoms with Crippen LogP contribution in [0.2, 0.25) is 10.0 Å². The van der Waals surface area contributed by atoms with Crippen molar-refractivity contribution in [2.75, 3.05) is 5.88 Å². The minimum absolute atomic E-state index is 0. The van der Waals surface area contributed by atoms with E-state index in [2.05, 4.69) is 0 Å². The zero-order chi connectivity index (χ0) is 11.8. The molecule has 0 radical (unpaired) electrons. The van der Waals surface area contributed by atoms with Crippen LogP contribution >= 0.6 is 34.8 Å². The first-order valence-corrected chi connectivity index (χ1v) is 6.35. The van der Waals surface area contributed by atoms with Crippen LogP contribution in [-0.2, 0) is 23.5 Å². The van der Waals surface area contributed by atoms with E-state index in [1.165, 1.54) is 5.56 Å². The molecule has 2 aromatic carbocycles. The number of aryl methyl sites for hydroxylation is 1. The van der Waals surface area contributed by atoms with Gasteiger partial charge in [-0.1, -0.05) is 16.5 Å². The molecule has 0 amide bonds. The summed E-state index contributed by atoms with van der Waals surface area (Å²) in [5, 5.41) is 1.64. The Morgan fingerprint density at radius 2 is 1.82 bits per heavy atom. The predicted molar refractivity (Wildman–Crippen MR) is 73.1 cm³/mol. The Labute approximate surface area is 128 Å². The summed E-state index contributed by atoms with van der Waals surface area (Å²) in [6, 6.07) is 13.4. The van der Waals surface area contributed by atoms with Crippen molar-refractivity contribution in [2.24, 2.45) is 0 Å². The van der Waals surface area contributed by atoms with Crippen molar-refractivity contribution in [1.82, 2.24) is 0 Å². The van der Waals surface area contributed by atoms with Crippen LogP contribution in [0.25, 0.3) is 0 Å². The third-order valence-electron chi connectivity index (χ3n) is 2.00. The Morgan fingerprint density at radius 3 is 2.18 bits per heavy atom. The number of hydrogen-bond acceptors (Lipinski definition) is 0. The minimum Gasteiger partial charge on any atom is -0.212 e. The SMILES string of the molecule is ClCCCc1ccc(Cl)[cH-]1.Clc1ccc[cH-]1.[Fe+2]. The zero-order valence-corrected chi connectivity index (χ0v) is 12.5. The molecule has 0 heterocycles. The monoisotopic (exact) mass is 330 g/mol. The van der Waals surface area contributed by atoms with E-state index in [4.69, 9.17) is 34.8 Å². The fourth-order valence-electron chi connectivity index (χ4n) is 1.24. The molecule has 94 valence electrons. The molecule has 17 heavy (non-hydrogen) atoms. The molecule has 2 aromatic rings. The van der Waals surface area contributed by atoms with Gasteiger partial charge >= 0.3 is 17.1 Å². The molecule has 0 N–H and O–H groups in total. The fraction of sp³-hybridized carbons (Fsp3) is 0.231. The first-order chi connectivity index (χ1) is 7.72. The van der Waals surface area contributed by atoms with Gasteiger partial charge in [0.05, 0.1) is 0 Å². The van der Waals surface area contributed by atoms with Gasteiger partial charge < -0.3 is 0 Å². The fourth-order valence-corrected chi connectivity index (χ4v) is 1.72. The van der Waals surface area contributed by atoms with Gasteiger partial charge in [-0.15, -0.1) is 34.8 Å². The molecule has 0 aliphatic heterocycles. The molecule has 0 saturated heterocycles. The standard InChI is InChI=1S/C8H9Cl2.C5H4Cl.Fe/c9-5-1-2-7-3-4-8(10)6-7;6-5-3-1-2-4-5;/h3-4,6H,1-2,5H2;1-4H;/q2*-1;+2. The van der Waals surface area contributed by atoms with Crippen LogP contribution in [0.15, 0.2) is 42.5 Å². The second-order valence-electron chi connectivity index (χ2n) is 3.33. The van der Waals surface area contributed by atoms with Gasteiger partial charge in [-0.25, -0.2) is 12.1 Å². The average Bonchev–Trinajstić information content (AvgIpc) is 2.88. The Morgan fingerprint density at radius 1 is 1.06 bits per heavy atom.